The fraction of sp³-hybridized carbons (Fsp3) is 0.444. The van der Waals surface area contributed by atoms with Crippen molar-refractivity contribution in [2.24, 2.45) is 5.92 Å². The van der Waals surface area contributed by atoms with E-state index < -0.39 is 11.7 Å². The van der Waals surface area contributed by atoms with Crippen LogP contribution in [0.4, 0.5) is 13.2 Å². The fourth-order valence-electron chi connectivity index (χ4n) is 2.77. The predicted octanol–water partition coefficient (Wildman–Crippen LogP) is 3.71. The molecule has 1 fully saturated rings. The molecule has 4 nitrogen and oxygen atoms in total. The molecule has 134 valence electrons. The molecule has 0 radical (unpaired) electrons. The molecular weight excluding hydrogens is 331 g/mol. The Hall–Kier alpha value is -2.31. The highest BCUT2D eigenvalue weighted by Crippen LogP contribution is 2.31. The van der Waals surface area contributed by atoms with Crippen LogP contribution >= 0.6 is 0 Å². The molecule has 0 atom stereocenters. The van der Waals surface area contributed by atoms with Crippen LogP contribution in [0, 0.1) is 5.92 Å². The van der Waals surface area contributed by atoms with Gasteiger partial charge in [0, 0.05) is 32.4 Å². The molecule has 0 bridgehead atoms. The number of benzene rings is 1. The molecule has 1 saturated carbocycles. The van der Waals surface area contributed by atoms with Gasteiger partial charge in [-0.25, -0.2) is 4.98 Å². The topological polar surface area (TPSA) is 38.1 Å². The van der Waals surface area contributed by atoms with E-state index in [2.05, 4.69) is 4.98 Å². The van der Waals surface area contributed by atoms with Gasteiger partial charge in [-0.05, 0) is 36.5 Å². The molecule has 1 heterocycles. The summed E-state index contributed by atoms with van der Waals surface area (Å²) in [5.74, 6) is 1.23. The lowest BCUT2D eigenvalue weighted by atomic mass is 10.1. The molecule has 1 amide bonds. The van der Waals surface area contributed by atoms with Crippen LogP contribution in [0.15, 0.2) is 36.7 Å². The first-order valence-corrected chi connectivity index (χ1v) is 8.24. The molecule has 0 N–H and O–H groups in total. The number of nitrogens with zero attached hydrogens (tertiary/aromatic N) is 3. The molecule has 0 saturated heterocycles. The first-order valence-electron chi connectivity index (χ1n) is 8.24. The van der Waals surface area contributed by atoms with Crippen LogP contribution in [0.3, 0.4) is 0 Å². The third-order valence-electron chi connectivity index (χ3n) is 4.36. The van der Waals surface area contributed by atoms with Crippen LogP contribution in [-0.2, 0) is 24.1 Å². The lowest BCUT2D eigenvalue weighted by molar-refractivity contribution is -0.137. The molecule has 1 aliphatic carbocycles. The standard InChI is InChI=1S/C18H20F3N3O/c1-13(25)24(10-14-5-6-14)12-17-22-7-8-23(17)11-15-3-2-4-16(9-15)18(19,20)21/h2-4,7-9,14H,5-6,10-12H2,1H3. The van der Waals surface area contributed by atoms with Gasteiger partial charge in [-0.2, -0.15) is 13.2 Å². The Labute approximate surface area is 144 Å². The molecule has 1 aliphatic rings. The molecule has 1 aromatic heterocycles. The Balaban J connectivity index is 1.74. The normalized spacial score (nSPS) is 14.6. The summed E-state index contributed by atoms with van der Waals surface area (Å²) in [6, 6.07) is 5.28. The number of aromatic nitrogens is 2. The van der Waals surface area contributed by atoms with Crippen LogP contribution < -0.4 is 0 Å². The van der Waals surface area contributed by atoms with Gasteiger partial charge in [0.15, 0.2) is 0 Å². The van der Waals surface area contributed by atoms with Gasteiger partial charge in [-0.15, -0.1) is 0 Å². The summed E-state index contributed by atoms with van der Waals surface area (Å²) in [6.07, 6.45) is 1.26. The summed E-state index contributed by atoms with van der Waals surface area (Å²) in [7, 11) is 0. The molecule has 2 aromatic rings. The zero-order valence-electron chi connectivity index (χ0n) is 14.0. The maximum atomic E-state index is 12.9. The Morgan fingerprint density at radius 2 is 2.12 bits per heavy atom. The van der Waals surface area contributed by atoms with Gasteiger partial charge in [-0.3, -0.25) is 4.79 Å². The molecule has 0 aliphatic heterocycles. The zero-order chi connectivity index (χ0) is 18.0. The second-order valence-electron chi connectivity index (χ2n) is 6.51. The molecule has 0 spiro atoms. The fourth-order valence-corrected chi connectivity index (χ4v) is 2.77. The Morgan fingerprint density at radius 1 is 1.36 bits per heavy atom. The summed E-state index contributed by atoms with van der Waals surface area (Å²) < 4.78 is 40.3. The maximum Gasteiger partial charge on any atom is 0.416 e. The van der Waals surface area contributed by atoms with Crippen molar-refractivity contribution in [3.63, 3.8) is 0 Å². The van der Waals surface area contributed by atoms with Crippen molar-refractivity contribution in [3.05, 3.63) is 53.6 Å². The van der Waals surface area contributed by atoms with Crippen molar-refractivity contribution in [3.8, 4) is 0 Å². The minimum Gasteiger partial charge on any atom is -0.335 e. The number of alkyl halides is 3. The molecule has 25 heavy (non-hydrogen) atoms. The van der Waals surface area contributed by atoms with E-state index in [4.69, 9.17) is 0 Å². The van der Waals surface area contributed by atoms with Crippen LogP contribution in [0.1, 0.15) is 36.7 Å². The van der Waals surface area contributed by atoms with E-state index in [0.717, 1.165) is 25.0 Å². The van der Waals surface area contributed by atoms with Crippen LogP contribution in [-0.4, -0.2) is 26.9 Å². The largest absolute Gasteiger partial charge is 0.416 e. The second kappa shape index (κ2) is 6.90. The predicted molar refractivity (Wildman–Crippen MR) is 86.6 cm³/mol. The highest BCUT2D eigenvalue weighted by atomic mass is 19.4. The first-order chi connectivity index (χ1) is 11.8. The van der Waals surface area contributed by atoms with Crippen LogP contribution in [0.2, 0.25) is 0 Å². The van der Waals surface area contributed by atoms with E-state index in [9.17, 15) is 18.0 Å². The van der Waals surface area contributed by atoms with Crippen molar-refractivity contribution < 1.29 is 18.0 Å². The minimum atomic E-state index is -4.36. The van der Waals surface area contributed by atoms with Crippen molar-refractivity contribution >= 4 is 5.91 Å². The van der Waals surface area contributed by atoms with Gasteiger partial charge >= 0.3 is 6.18 Å². The van der Waals surface area contributed by atoms with E-state index in [1.165, 1.54) is 13.0 Å². The third kappa shape index (κ3) is 4.61. The SMILES string of the molecule is CC(=O)N(Cc1nccn1Cc1cccc(C(F)(F)F)c1)CC1CC1. The zero-order valence-corrected chi connectivity index (χ0v) is 14.0. The molecular formula is C18H20F3N3O. The molecule has 7 heteroatoms. The average molecular weight is 351 g/mol. The van der Waals surface area contributed by atoms with E-state index >= 15 is 0 Å². The summed E-state index contributed by atoms with van der Waals surface area (Å²) >= 11 is 0. The molecule has 1 aromatic carbocycles. The average Bonchev–Trinajstić information content (AvgIpc) is 3.26. The van der Waals surface area contributed by atoms with E-state index in [1.807, 2.05) is 0 Å². The maximum absolute atomic E-state index is 12.9. The number of imidazole rings is 1. The number of rotatable bonds is 6. The molecule has 0 unspecified atom stereocenters. The van der Waals surface area contributed by atoms with Gasteiger partial charge < -0.3 is 9.47 Å². The van der Waals surface area contributed by atoms with Crippen molar-refractivity contribution in [1.29, 1.82) is 0 Å². The van der Waals surface area contributed by atoms with Crippen molar-refractivity contribution in [2.45, 2.75) is 39.0 Å². The second-order valence-corrected chi connectivity index (χ2v) is 6.51. The Morgan fingerprint density at radius 3 is 2.76 bits per heavy atom. The number of carbonyl (C=O) groups excluding carboxylic acids is 1. The summed E-state index contributed by atoms with van der Waals surface area (Å²) in [4.78, 5) is 17.9. The van der Waals surface area contributed by atoms with Crippen molar-refractivity contribution in [1.82, 2.24) is 14.5 Å². The number of hydrogen-bond donors (Lipinski definition) is 0. The van der Waals surface area contributed by atoms with Gasteiger partial charge in [0.25, 0.3) is 0 Å². The van der Waals surface area contributed by atoms with Gasteiger partial charge in [0.1, 0.15) is 5.82 Å². The lowest BCUT2D eigenvalue weighted by Crippen LogP contribution is -2.31. The highest BCUT2D eigenvalue weighted by Gasteiger charge is 2.30. The van der Waals surface area contributed by atoms with Gasteiger partial charge in [0.05, 0.1) is 12.1 Å². The van der Waals surface area contributed by atoms with E-state index in [1.54, 1.807) is 27.9 Å². The van der Waals surface area contributed by atoms with E-state index in [-0.39, 0.29) is 12.5 Å². The summed E-state index contributed by atoms with van der Waals surface area (Å²) in [5.41, 5.74) is -0.114. The van der Waals surface area contributed by atoms with Gasteiger partial charge in [-0.1, -0.05) is 12.1 Å². The summed E-state index contributed by atoms with van der Waals surface area (Å²) in [5, 5.41) is 0. The number of carbonyl (C=O) groups is 1. The Kier molecular flexibility index (Phi) is 4.83. The lowest BCUT2D eigenvalue weighted by Gasteiger charge is -2.21. The van der Waals surface area contributed by atoms with Gasteiger partial charge in [0.2, 0.25) is 5.91 Å². The van der Waals surface area contributed by atoms with Crippen molar-refractivity contribution in [2.75, 3.05) is 6.54 Å². The highest BCUT2D eigenvalue weighted by molar-refractivity contribution is 5.73. The van der Waals surface area contributed by atoms with E-state index in [0.29, 0.717) is 30.4 Å². The number of hydrogen-bond acceptors (Lipinski definition) is 2. The monoisotopic (exact) mass is 351 g/mol. The number of amides is 1. The number of halogens is 3. The first kappa shape index (κ1) is 17.5. The summed E-state index contributed by atoms with van der Waals surface area (Å²) in [6.45, 7) is 2.90. The smallest absolute Gasteiger partial charge is 0.335 e. The third-order valence-corrected chi connectivity index (χ3v) is 4.36. The Bertz CT molecular complexity index is 750. The quantitative estimate of drug-likeness (QED) is 0.796. The van der Waals surface area contributed by atoms with Crippen LogP contribution in [0.25, 0.3) is 0 Å². The molecule has 3 rings (SSSR count). The minimum absolute atomic E-state index is 0.0134. The van der Waals surface area contributed by atoms with Crippen LogP contribution in [0.5, 0.6) is 0 Å².